The van der Waals surface area contributed by atoms with E-state index < -0.39 is 0 Å². The lowest BCUT2D eigenvalue weighted by Gasteiger charge is -2.10. The van der Waals surface area contributed by atoms with Crippen molar-refractivity contribution in [2.75, 3.05) is 5.32 Å². The first-order valence-electron chi connectivity index (χ1n) is 5.81. The van der Waals surface area contributed by atoms with E-state index in [1.54, 1.807) is 6.07 Å². The van der Waals surface area contributed by atoms with Gasteiger partial charge in [0.1, 0.15) is 0 Å². The zero-order valence-electron chi connectivity index (χ0n) is 10.6. The van der Waals surface area contributed by atoms with Crippen LogP contribution in [0.15, 0.2) is 36.4 Å². The third-order valence-corrected chi connectivity index (χ3v) is 4.52. The van der Waals surface area contributed by atoms with Crippen LogP contribution >= 0.6 is 34.2 Å². The maximum atomic E-state index is 12.2. The van der Waals surface area contributed by atoms with E-state index in [1.807, 2.05) is 44.2 Å². The molecule has 0 saturated carbocycles. The van der Waals surface area contributed by atoms with E-state index in [4.69, 9.17) is 11.6 Å². The number of rotatable bonds is 2. The summed E-state index contributed by atoms with van der Waals surface area (Å²) in [5.41, 5.74) is 3.43. The van der Waals surface area contributed by atoms with Crippen LogP contribution < -0.4 is 5.32 Å². The number of benzene rings is 2. The van der Waals surface area contributed by atoms with Crippen molar-refractivity contribution in [1.82, 2.24) is 0 Å². The van der Waals surface area contributed by atoms with Crippen LogP contribution in [0.5, 0.6) is 0 Å². The molecule has 0 atom stereocenters. The largest absolute Gasteiger partial charge is 0.322 e. The van der Waals surface area contributed by atoms with E-state index in [0.717, 1.165) is 20.4 Å². The van der Waals surface area contributed by atoms with Gasteiger partial charge >= 0.3 is 0 Å². The Bertz CT molecular complexity index is 640. The molecule has 0 aliphatic heterocycles. The Morgan fingerprint density at radius 3 is 2.63 bits per heavy atom. The normalized spacial score (nSPS) is 10.3. The minimum atomic E-state index is -0.122. The number of hydrogen-bond acceptors (Lipinski definition) is 1. The fourth-order valence-electron chi connectivity index (χ4n) is 1.67. The molecule has 1 amide bonds. The first kappa shape index (κ1) is 14.3. The number of hydrogen-bond donors (Lipinski definition) is 1. The van der Waals surface area contributed by atoms with Crippen molar-refractivity contribution in [3.05, 3.63) is 61.7 Å². The van der Waals surface area contributed by atoms with Crippen LogP contribution in [0.25, 0.3) is 0 Å². The van der Waals surface area contributed by atoms with Crippen LogP contribution in [0.4, 0.5) is 5.69 Å². The molecule has 0 aromatic heterocycles. The highest BCUT2D eigenvalue weighted by atomic mass is 127. The smallest absolute Gasteiger partial charge is 0.255 e. The van der Waals surface area contributed by atoms with Gasteiger partial charge in [-0.05, 0) is 71.8 Å². The van der Waals surface area contributed by atoms with Gasteiger partial charge in [-0.3, -0.25) is 4.79 Å². The summed E-state index contributed by atoms with van der Waals surface area (Å²) < 4.78 is 1.08. The predicted octanol–water partition coefficient (Wildman–Crippen LogP) is 4.81. The van der Waals surface area contributed by atoms with Crippen LogP contribution in [0.3, 0.4) is 0 Å². The van der Waals surface area contributed by atoms with Crippen molar-refractivity contribution >= 4 is 45.8 Å². The molecule has 2 rings (SSSR count). The zero-order chi connectivity index (χ0) is 14.0. The van der Waals surface area contributed by atoms with Gasteiger partial charge in [0.15, 0.2) is 0 Å². The second-order valence-corrected chi connectivity index (χ2v) is 5.90. The third-order valence-electron chi connectivity index (χ3n) is 2.95. The number of nitrogens with one attached hydrogen (secondary N) is 1. The molecular formula is C15H13ClINO. The number of halogens is 2. The van der Waals surface area contributed by atoms with Gasteiger partial charge in [-0.15, -0.1) is 0 Å². The van der Waals surface area contributed by atoms with Crippen molar-refractivity contribution in [2.45, 2.75) is 13.8 Å². The van der Waals surface area contributed by atoms with Crippen molar-refractivity contribution < 1.29 is 4.79 Å². The lowest BCUT2D eigenvalue weighted by atomic mass is 10.1. The van der Waals surface area contributed by atoms with Crippen molar-refractivity contribution in [1.29, 1.82) is 0 Å². The summed E-state index contributed by atoms with van der Waals surface area (Å²) in [4.78, 5) is 12.2. The summed E-state index contributed by atoms with van der Waals surface area (Å²) in [5.74, 6) is -0.122. The molecule has 1 N–H and O–H groups in total. The molecule has 98 valence electrons. The van der Waals surface area contributed by atoms with E-state index in [-0.39, 0.29) is 5.91 Å². The molecule has 0 unspecified atom stereocenters. The van der Waals surface area contributed by atoms with Gasteiger partial charge in [-0.1, -0.05) is 23.7 Å². The number of aryl methyl sites for hydroxylation is 1. The Morgan fingerprint density at radius 1 is 1.21 bits per heavy atom. The average Bonchev–Trinajstić information content (AvgIpc) is 2.38. The monoisotopic (exact) mass is 385 g/mol. The summed E-state index contributed by atoms with van der Waals surface area (Å²) in [6.07, 6.45) is 0. The van der Waals surface area contributed by atoms with Gasteiger partial charge < -0.3 is 5.32 Å². The highest BCUT2D eigenvalue weighted by molar-refractivity contribution is 14.1. The van der Waals surface area contributed by atoms with Crippen LogP contribution in [0.1, 0.15) is 21.5 Å². The average molecular weight is 386 g/mol. The molecule has 0 bridgehead atoms. The molecule has 2 nitrogen and oxygen atoms in total. The van der Waals surface area contributed by atoms with Gasteiger partial charge in [-0.25, -0.2) is 0 Å². The first-order valence-corrected chi connectivity index (χ1v) is 7.27. The van der Waals surface area contributed by atoms with Gasteiger partial charge in [0.2, 0.25) is 0 Å². The molecule has 0 spiro atoms. The molecule has 19 heavy (non-hydrogen) atoms. The quantitative estimate of drug-likeness (QED) is 0.738. The van der Waals surface area contributed by atoms with Gasteiger partial charge in [0.05, 0.1) is 0 Å². The summed E-state index contributed by atoms with van der Waals surface area (Å²) in [6.45, 7) is 3.90. The molecule has 4 heteroatoms. The number of anilines is 1. The van der Waals surface area contributed by atoms with E-state index in [9.17, 15) is 4.79 Å². The van der Waals surface area contributed by atoms with Crippen molar-refractivity contribution in [3.8, 4) is 0 Å². The Kier molecular flexibility index (Phi) is 4.47. The highest BCUT2D eigenvalue weighted by Crippen LogP contribution is 2.23. The molecule has 0 fully saturated rings. The van der Waals surface area contributed by atoms with Crippen LogP contribution in [0, 0.1) is 17.4 Å². The fraction of sp³-hybridized carbons (Fsp3) is 0.133. The summed E-state index contributed by atoms with van der Waals surface area (Å²) in [7, 11) is 0. The highest BCUT2D eigenvalue weighted by Gasteiger charge is 2.10. The minimum Gasteiger partial charge on any atom is -0.322 e. The molecule has 0 aliphatic rings. The maximum absolute atomic E-state index is 12.2. The first-order chi connectivity index (χ1) is 8.99. The van der Waals surface area contributed by atoms with E-state index in [0.29, 0.717) is 10.6 Å². The molecule has 2 aromatic carbocycles. The van der Waals surface area contributed by atoms with E-state index in [2.05, 4.69) is 27.9 Å². The maximum Gasteiger partial charge on any atom is 0.255 e. The second kappa shape index (κ2) is 5.92. The topological polar surface area (TPSA) is 29.1 Å². The standard InChI is InChI=1S/C15H13ClINO/c1-9-6-7-11(8-13(9)17)15(19)18-14-5-3-4-12(16)10(14)2/h3-8H,1-2H3,(H,18,19). The summed E-state index contributed by atoms with van der Waals surface area (Å²) in [6, 6.07) is 11.1. The van der Waals surface area contributed by atoms with Gasteiger partial charge in [0.25, 0.3) is 5.91 Å². The lowest BCUT2D eigenvalue weighted by Crippen LogP contribution is -2.13. The van der Waals surface area contributed by atoms with E-state index >= 15 is 0 Å². The summed E-state index contributed by atoms with van der Waals surface area (Å²) in [5, 5.41) is 3.54. The number of carbonyl (C=O) groups is 1. The van der Waals surface area contributed by atoms with Crippen LogP contribution in [0.2, 0.25) is 5.02 Å². The second-order valence-electron chi connectivity index (χ2n) is 4.33. The summed E-state index contributed by atoms with van der Waals surface area (Å²) >= 11 is 8.26. The third kappa shape index (κ3) is 3.28. The molecule has 2 aromatic rings. The lowest BCUT2D eigenvalue weighted by molar-refractivity contribution is 0.102. The number of carbonyl (C=O) groups excluding carboxylic acids is 1. The SMILES string of the molecule is Cc1ccc(C(=O)Nc2cccc(Cl)c2C)cc1I. The molecular weight excluding hydrogens is 373 g/mol. The van der Waals surface area contributed by atoms with Crippen molar-refractivity contribution in [2.24, 2.45) is 0 Å². The van der Waals surface area contributed by atoms with E-state index in [1.165, 1.54) is 0 Å². The van der Waals surface area contributed by atoms with Gasteiger partial charge in [0, 0.05) is 19.8 Å². The minimum absolute atomic E-state index is 0.122. The Labute approximate surface area is 131 Å². The zero-order valence-corrected chi connectivity index (χ0v) is 13.5. The molecule has 0 aliphatic carbocycles. The number of amides is 1. The Hall–Kier alpha value is -1.07. The molecule has 0 radical (unpaired) electrons. The van der Waals surface area contributed by atoms with Crippen LogP contribution in [-0.4, -0.2) is 5.91 Å². The van der Waals surface area contributed by atoms with Crippen molar-refractivity contribution in [3.63, 3.8) is 0 Å². The fourth-order valence-corrected chi connectivity index (χ4v) is 2.36. The van der Waals surface area contributed by atoms with Gasteiger partial charge in [-0.2, -0.15) is 0 Å². The molecule has 0 heterocycles. The Morgan fingerprint density at radius 2 is 1.95 bits per heavy atom. The molecule has 0 saturated heterocycles. The Balaban J connectivity index is 2.26. The van der Waals surface area contributed by atoms with Crippen LogP contribution in [-0.2, 0) is 0 Å². The predicted molar refractivity (Wildman–Crippen MR) is 88.0 cm³/mol.